The third-order valence-electron chi connectivity index (χ3n) is 4.67. The average Bonchev–Trinajstić information content (AvgIpc) is 3.23. The molecule has 0 spiro atoms. The van der Waals surface area contributed by atoms with E-state index in [1.165, 1.54) is 0 Å². The van der Waals surface area contributed by atoms with Crippen LogP contribution in [0.5, 0.6) is 0 Å². The number of aryl methyl sites for hydroxylation is 1. The van der Waals surface area contributed by atoms with Gasteiger partial charge in [-0.1, -0.05) is 18.2 Å². The minimum atomic E-state index is 0.0901. The first-order chi connectivity index (χ1) is 12.7. The molecule has 0 radical (unpaired) electrons. The molecular weight excluding hydrogens is 330 g/mol. The van der Waals surface area contributed by atoms with Crippen molar-refractivity contribution in [2.45, 2.75) is 6.92 Å². The molecule has 0 bridgehead atoms. The summed E-state index contributed by atoms with van der Waals surface area (Å²) in [6.07, 6.45) is 3.53. The zero-order chi connectivity index (χ0) is 17.9. The number of rotatable bonds is 3. The van der Waals surface area contributed by atoms with E-state index in [-0.39, 0.29) is 5.91 Å². The summed E-state index contributed by atoms with van der Waals surface area (Å²) in [4.78, 5) is 21.1. The first-order valence-electron chi connectivity index (χ1n) is 8.52. The second-order valence-electron chi connectivity index (χ2n) is 6.22. The van der Waals surface area contributed by atoms with Gasteiger partial charge >= 0.3 is 0 Å². The van der Waals surface area contributed by atoms with Crippen LogP contribution >= 0.6 is 0 Å². The SMILES string of the molecule is Cc1ccccc1C(=O)N1CCN(c2cnccc2-c2nn[nH]n2)CC1. The Labute approximate surface area is 150 Å². The van der Waals surface area contributed by atoms with Crippen molar-refractivity contribution < 1.29 is 4.79 Å². The maximum absolute atomic E-state index is 12.8. The van der Waals surface area contributed by atoms with Gasteiger partial charge in [0.25, 0.3) is 5.91 Å². The van der Waals surface area contributed by atoms with Gasteiger partial charge in [-0.05, 0) is 29.8 Å². The Morgan fingerprint density at radius 1 is 1.12 bits per heavy atom. The van der Waals surface area contributed by atoms with Gasteiger partial charge in [-0.25, -0.2) is 0 Å². The summed E-state index contributed by atoms with van der Waals surface area (Å²) < 4.78 is 0. The second kappa shape index (κ2) is 6.91. The molecule has 1 saturated heterocycles. The molecule has 1 aromatic carbocycles. The zero-order valence-corrected chi connectivity index (χ0v) is 14.5. The van der Waals surface area contributed by atoms with Crippen LogP contribution in [0.2, 0.25) is 0 Å². The van der Waals surface area contributed by atoms with Crippen molar-refractivity contribution in [3.05, 3.63) is 53.9 Å². The third kappa shape index (κ3) is 3.01. The first kappa shape index (κ1) is 16.2. The molecule has 0 aliphatic carbocycles. The Morgan fingerprint density at radius 2 is 1.92 bits per heavy atom. The molecule has 26 heavy (non-hydrogen) atoms. The lowest BCUT2D eigenvalue weighted by Gasteiger charge is -2.36. The summed E-state index contributed by atoms with van der Waals surface area (Å²) in [5.41, 5.74) is 3.62. The fraction of sp³-hybridized carbons (Fsp3) is 0.278. The van der Waals surface area contributed by atoms with Crippen molar-refractivity contribution in [1.29, 1.82) is 0 Å². The van der Waals surface area contributed by atoms with Crippen LogP contribution in [0, 0.1) is 6.92 Å². The van der Waals surface area contributed by atoms with Crippen LogP contribution in [0.15, 0.2) is 42.7 Å². The molecule has 1 aliphatic rings. The van der Waals surface area contributed by atoms with Crippen LogP contribution in [-0.2, 0) is 0 Å². The van der Waals surface area contributed by atoms with Crippen molar-refractivity contribution >= 4 is 11.6 Å². The Bertz CT molecular complexity index is 901. The number of hydrogen-bond acceptors (Lipinski definition) is 6. The quantitative estimate of drug-likeness (QED) is 0.771. The van der Waals surface area contributed by atoms with E-state index in [0.29, 0.717) is 18.9 Å². The van der Waals surface area contributed by atoms with Crippen LogP contribution in [0.3, 0.4) is 0 Å². The van der Waals surface area contributed by atoms with E-state index >= 15 is 0 Å². The number of nitrogens with one attached hydrogen (secondary N) is 1. The number of H-pyrrole nitrogens is 1. The summed E-state index contributed by atoms with van der Waals surface area (Å²) in [7, 11) is 0. The van der Waals surface area contributed by atoms with E-state index in [1.807, 2.05) is 48.4 Å². The third-order valence-corrected chi connectivity index (χ3v) is 4.67. The van der Waals surface area contributed by atoms with Gasteiger partial charge < -0.3 is 9.80 Å². The fourth-order valence-electron chi connectivity index (χ4n) is 3.24. The number of benzene rings is 1. The number of tetrazole rings is 1. The number of anilines is 1. The molecule has 8 nitrogen and oxygen atoms in total. The highest BCUT2D eigenvalue weighted by Gasteiger charge is 2.25. The predicted octanol–water partition coefficient (Wildman–Crippen LogP) is 1.53. The van der Waals surface area contributed by atoms with E-state index in [4.69, 9.17) is 0 Å². The van der Waals surface area contributed by atoms with Gasteiger partial charge in [0.05, 0.1) is 11.9 Å². The number of carbonyl (C=O) groups excluding carboxylic acids is 1. The number of pyridine rings is 1. The summed E-state index contributed by atoms with van der Waals surface area (Å²) in [6, 6.07) is 9.59. The van der Waals surface area contributed by atoms with Crippen molar-refractivity contribution in [2.24, 2.45) is 0 Å². The Hall–Kier alpha value is -3.29. The minimum Gasteiger partial charge on any atom is -0.366 e. The monoisotopic (exact) mass is 349 g/mol. The number of aromatic nitrogens is 5. The Balaban J connectivity index is 1.50. The normalized spacial score (nSPS) is 14.5. The first-order valence-corrected chi connectivity index (χ1v) is 8.52. The van der Waals surface area contributed by atoms with Gasteiger partial charge in [-0.2, -0.15) is 5.21 Å². The summed E-state index contributed by atoms with van der Waals surface area (Å²) in [6.45, 7) is 4.75. The molecule has 0 atom stereocenters. The number of nitrogens with zero attached hydrogens (tertiary/aromatic N) is 6. The molecule has 8 heteroatoms. The van der Waals surface area contributed by atoms with Crippen LogP contribution in [-0.4, -0.2) is 62.6 Å². The lowest BCUT2D eigenvalue weighted by molar-refractivity contribution is 0.0746. The molecule has 4 rings (SSSR count). The lowest BCUT2D eigenvalue weighted by atomic mass is 10.1. The molecule has 132 valence electrons. The smallest absolute Gasteiger partial charge is 0.254 e. The number of amides is 1. The van der Waals surface area contributed by atoms with Gasteiger partial charge in [0.1, 0.15) is 0 Å². The Morgan fingerprint density at radius 3 is 2.65 bits per heavy atom. The molecule has 1 fully saturated rings. The maximum atomic E-state index is 12.8. The molecule has 0 saturated carbocycles. The number of aromatic amines is 1. The molecule has 1 N–H and O–H groups in total. The molecule has 1 aliphatic heterocycles. The van der Waals surface area contributed by atoms with E-state index < -0.39 is 0 Å². The molecular formula is C18H19N7O. The predicted molar refractivity (Wildman–Crippen MR) is 96.7 cm³/mol. The highest BCUT2D eigenvalue weighted by Crippen LogP contribution is 2.28. The number of hydrogen-bond donors (Lipinski definition) is 1. The van der Waals surface area contributed by atoms with E-state index in [1.54, 1.807) is 6.20 Å². The van der Waals surface area contributed by atoms with Crippen molar-refractivity contribution in [3.63, 3.8) is 0 Å². The van der Waals surface area contributed by atoms with Gasteiger partial charge in [0.15, 0.2) is 0 Å². The fourth-order valence-corrected chi connectivity index (χ4v) is 3.24. The van der Waals surface area contributed by atoms with Crippen LogP contribution < -0.4 is 4.90 Å². The van der Waals surface area contributed by atoms with Gasteiger partial charge in [-0.3, -0.25) is 9.78 Å². The zero-order valence-electron chi connectivity index (χ0n) is 14.5. The van der Waals surface area contributed by atoms with Gasteiger partial charge in [0, 0.05) is 43.5 Å². The second-order valence-corrected chi connectivity index (χ2v) is 6.22. The summed E-state index contributed by atoms with van der Waals surface area (Å²) in [5, 5.41) is 14.3. The average molecular weight is 349 g/mol. The molecule has 0 unspecified atom stereocenters. The van der Waals surface area contributed by atoms with E-state index in [9.17, 15) is 4.79 Å². The largest absolute Gasteiger partial charge is 0.366 e. The van der Waals surface area contributed by atoms with Crippen molar-refractivity contribution in [3.8, 4) is 11.4 Å². The topological polar surface area (TPSA) is 90.9 Å². The molecule has 1 amide bonds. The van der Waals surface area contributed by atoms with Crippen LogP contribution in [0.25, 0.3) is 11.4 Å². The summed E-state index contributed by atoms with van der Waals surface area (Å²) in [5.74, 6) is 0.633. The van der Waals surface area contributed by atoms with Crippen LogP contribution in [0.1, 0.15) is 15.9 Å². The lowest BCUT2D eigenvalue weighted by Crippen LogP contribution is -2.49. The van der Waals surface area contributed by atoms with Gasteiger partial charge in [0.2, 0.25) is 5.82 Å². The molecule has 3 heterocycles. The Kier molecular flexibility index (Phi) is 4.30. The molecule has 3 aromatic rings. The van der Waals surface area contributed by atoms with Crippen LogP contribution in [0.4, 0.5) is 5.69 Å². The standard InChI is InChI=1S/C18H19N7O/c1-13-4-2-3-5-14(13)18(26)25-10-8-24(9-11-25)16-12-19-7-6-15(16)17-20-22-23-21-17/h2-7,12H,8-11H2,1H3,(H,20,21,22,23). The number of piperazine rings is 1. The maximum Gasteiger partial charge on any atom is 0.254 e. The van der Waals surface area contributed by atoms with Crippen molar-refractivity contribution in [1.82, 2.24) is 30.5 Å². The number of carbonyl (C=O) groups is 1. The molecule has 2 aromatic heterocycles. The van der Waals surface area contributed by atoms with E-state index in [2.05, 4.69) is 30.5 Å². The van der Waals surface area contributed by atoms with Gasteiger partial charge in [-0.15, -0.1) is 10.2 Å². The highest BCUT2D eigenvalue weighted by atomic mass is 16.2. The summed E-state index contributed by atoms with van der Waals surface area (Å²) >= 11 is 0. The van der Waals surface area contributed by atoms with E-state index in [0.717, 1.165) is 35.5 Å². The van der Waals surface area contributed by atoms with Crippen molar-refractivity contribution in [2.75, 3.05) is 31.1 Å². The highest BCUT2D eigenvalue weighted by molar-refractivity contribution is 5.95. The minimum absolute atomic E-state index is 0.0901.